The predicted molar refractivity (Wildman–Crippen MR) is 125 cm³/mol. The van der Waals surface area contributed by atoms with Crippen molar-refractivity contribution in [1.82, 2.24) is 9.88 Å². The highest BCUT2D eigenvalue weighted by molar-refractivity contribution is 6.36. The van der Waals surface area contributed by atoms with Crippen LogP contribution in [0.15, 0.2) is 48.5 Å². The van der Waals surface area contributed by atoms with Gasteiger partial charge in [-0.25, -0.2) is 4.39 Å². The van der Waals surface area contributed by atoms with E-state index in [1.807, 2.05) is 12.1 Å². The van der Waals surface area contributed by atoms with Crippen molar-refractivity contribution in [3.05, 3.63) is 76.3 Å². The van der Waals surface area contributed by atoms with Gasteiger partial charge >= 0.3 is 0 Å². The highest BCUT2D eigenvalue weighted by atomic mass is 35.5. The summed E-state index contributed by atoms with van der Waals surface area (Å²) in [6.07, 6.45) is 1.86. The van der Waals surface area contributed by atoms with Gasteiger partial charge in [-0.3, -0.25) is 9.59 Å². The summed E-state index contributed by atoms with van der Waals surface area (Å²) in [4.78, 5) is 30.5. The summed E-state index contributed by atoms with van der Waals surface area (Å²) >= 11 is 6.23. The van der Waals surface area contributed by atoms with Crippen LogP contribution in [-0.4, -0.2) is 48.0 Å². The summed E-state index contributed by atoms with van der Waals surface area (Å²) in [5, 5.41) is 3.25. The minimum absolute atomic E-state index is 0.0228. The highest BCUT2D eigenvalue weighted by Gasteiger charge is 2.28. The van der Waals surface area contributed by atoms with Gasteiger partial charge in [-0.2, -0.15) is 0 Å². The molecule has 0 saturated carbocycles. The molecule has 168 valence electrons. The second-order valence-electron chi connectivity index (χ2n) is 7.98. The van der Waals surface area contributed by atoms with Gasteiger partial charge in [-0.15, -0.1) is 0 Å². The van der Waals surface area contributed by atoms with Crippen molar-refractivity contribution < 1.29 is 18.7 Å². The zero-order valence-electron chi connectivity index (χ0n) is 17.7. The molecule has 2 aliphatic heterocycles. The molecule has 3 aromatic rings. The molecule has 1 saturated heterocycles. The van der Waals surface area contributed by atoms with E-state index in [0.717, 1.165) is 5.56 Å². The standard InChI is InChI=1S/C25H21ClFN3O3/c26-22-12-16(13-23(31)30-7-9-33-10-8-30)21(28-22)14-19-24-18(15-3-1-4-17(27)11-15)5-2-6-20(24)29-25(19)32/h1-6,11-12,14,28H,7-10,13H2,(H,29,32)/b19-14-. The third kappa shape index (κ3) is 4.29. The lowest BCUT2D eigenvalue weighted by Crippen LogP contribution is -2.41. The van der Waals surface area contributed by atoms with Crippen LogP contribution in [-0.2, 0) is 20.7 Å². The Labute approximate surface area is 195 Å². The van der Waals surface area contributed by atoms with Gasteiger partial charge < -0.3 is 19.9 Å². The van der Waals surface area contributed by atoms with Gasteiger partial charge in [0.2, 0.25) is 5.91 Å². The smallest absolute Gasteiger partial charge is 0.256 e. The Balaban J connectivity index is 1.53. The van der Waals surface area contributed by atoms with Crippen molar-refractivity contribution in [3.8, 4) is 11.1 Å². The lowest BCUT2D eigenvalue weighted by Gasteiger charge is -2.26. The number of aromatic amines is 1. The molecule has 33 heavy (non-hydrogen) atoms. The number of anilines is 1. The first kappa shape index (κ1) is 21.4. The van der Waals surface area contributed by atoms with Gasteiger partial charge in [0.15, 0.2) is 0 Å². The second kappa shape index (κ2) is 8.84. The van der Waals surface area contributed by atoms with E-state index in [2.05, 4.69) is 10.3 Å². The quantitative estimate of drug-likeness (QED) is 0.562. The normalized spacial score (nSPS) is 16.7. The molecule has 1 aromatic heterocycles. The van der Waals surface area contributed by atoms with E-state index in [1.54, 1.807) is 35.2 Å². The molecule has 0 unspecified atom stereocenters. The number of amides is 2. The number of benzene rings is 2. The first-order valence-corrected chi connectivity index (χ1v) is 11.0. The average molecular weight is 466 g/mol. The molecule has 2 aromatic carbocycles. The number of H-pyrrole nitrogens is 1. The Hall–Kier alpha value is -3.42. The SMILES string of the molecule is O=C1Nc2cccc(-c3cccc(F)c3)c2/C1=C/c1[nH]c(Cl)cc1CC(=O)N1CCOCC1. The third-order valence-corrected chi connectivity index (χ3v) is 6.06. The molecule has 0 aliphatic carbocycles. The lowest BCUT2D eigenvalue weighted by atomic mass is 9.94. The Morgan fingerprint density at radius 2 is 1.94 bits per heavy atom. The van der Waals surface area contributed by atoms with Crippen LogP contribution >= 0.6 is 11.6 Å². The number of nitrogens with zero attached hydrogens (tertiary/aromatic N) is 1. The topological polar surface area (TPSA) is 74.4 Å². The van der Waals surface area contributed by atoms with E-state index in [0.29, 0.717) is 65.1 Å². The maximum atomic E-state index is 13.9. The van der Waals surface area contributed by atoms with Crippen LogP contribution < -0.4 is 5.32 Å². The van der Waals surface area contributed by atoms with E-state index < -0.39 is 0 Å². The molecule has 0 bridgehead atoms. The molecular formula is C25H21ClFN3O3. The number of ether oxygens (including phenoxy) is 1. The largest absolute Gasteiger partial charge is 0.378 e. The van der Waals surface area contributed by atoms with E-state index in [4.69, 9.17) is 16.3 Å². The zero-order valence-corrected chi connectivity index (χ0v) is 18.4. The predicted octanol–water partition coefficient (Wildman–Crippen LogP) is 4.37. The van der Waals surface area contributed by atoms with Crippen LogP contribution in [0.1, 0.15) is 16.8 Å². The van der Waals surface area contributed by atoms with E-state index in [-0.39, 0.29) is 24.1 Å². The summed E-state index contributed by atoms with van der Waals surface area (Å²) in [6, 6.07) is 13.4. The second-order valence-corrected chi connectivity index (χ2v) is 8.38. The molecule has 3 heterocycles. The van der Waals surface area contributed by atoms with Gasteiger partial charge in [0.1, 0.15) is 11.0 Å². The van der Waals surface area contributed by atoms with Crippen LogP contribution in [0.25, 0.3) is 22.8 Å². The van der Waals surface area contributed by atoms with Gasteiger partial charge in [0.25, 0.3) is 5.91 Å². The van der Waals surface area contributed by atoms with E-state index in [1.165, 1.54) is 12.1 Å². The summed E-state index contributed by atoms with van der Waals surface area (Å²) in [5.74, 6) is -0.650. The summed E-state index contributed by atoms with van der Waals surface area (Å²) < 4.78 is 19.2. The number of halogens is 2. The van der Waals surface area contributed by atoms with Crippen LogP contribution in [0.5, 0.6) is 0 Å². The number of fused-ring (bicyclic) bond motifs is 1. The molecule has 2 aliphatic rings. The fourth-order valence-corrected chi connectivity index (χ4v) is 4.50. The minimum atomic E-state index is -0.354. The Morgan fingerprint density at radius 3 is 2.73 bits per heavy atom. The molecular weight excluding hydrogens is 445 g/mol. The molecule has 0 atom stereocenters. The molecule has 5 rings (SSSR count). The maximum absolute atomic E-state index is 13.9. The van der Waals surface area contributed by atoms with Gasteiger partial charge in [-0.1, -0.05) is 35.9 Å². The maximum Gasteiger partial charge on any atom is 0.256 e. The van der Waals surface area contributed by atoms with Crippen LogP contribution in [0.3, 0.4) is 0 Å². The van der Waals surface area contributed by atoms with Gasteiger partial charge in [0.05, 0.1) is 25.2 Å². The van der Waals surface area contributed by atoms with Gasteiger partial charge in [0, 0.05) is 30.0 Å². The van der Waals surface area contributed by atoms with Crippen molar-refractivity contribution in [2.75, 3.05) is 31.6 Å². The average Bonchev–Trinajstić information content (AvgIpc) is 3.32. The molecule has 0 spiro atoms. The summed E-state index contributed by atoms with van der Waals surface area (Å²) in [5.41, 5.74) is 4.45. The number of carbonyl (C=O) groups excluding carboxylic acids is 2. The zero-order chi connectivity index (χ0) is 22.9. The first-order valence-electron chi connectivity index (χ1n) is 10.6. The van der Waals surface area contributed by atoms with E-state index in [9.17, 15) is 14.0 Å². The fraction of sp³-hybridized carbons (Fsp3) is 0.200. The number of morpholine rings is 1. The molecule has 2 N–H and O–H groups in total. The van der Waals surface area contributed by atoms with Crippen molar-refractivity contribution in [3.63, 3.8) is 0 Å². The van der Waals surface area contributed by atoms with Crippen LogP contribution in [0.2, 0.25) is 5.15 Å². The molecule has 8 heteroatoms. The van der Waals surface area contributed by atoms with Crippen LogP contribution in [0.4, 0.5) is 10.1 Å². The lowest BCUT2D eigenvalue weighted by molar-refractivity contribution is -0.134. The number of aromatic nitrogens is 1. The Kier molecular flexibility index (Phi) is 5.74. The van der Waals surface area contributed by atoms with Crippen molar-refractivity contribution >= 4 is 40.8 Å². The molecule has 1 fully saturated rings. The minimum Gasteiger partial charge on any atom is -0.378 e. The highest BCUT2D eigenvalue weighted by Crippen LogP contribution is 2.40. The fourth-order valence-electron chi connectivity index (χ4n) is 4.27. The van der Waals surface area contributed by atoms with Crippen molar-refractivity contribution in [2.45, 2.75) is 6.42 Å². The number of hydrogen-bond donors (Lipinski definition) is 2. The van der Waals surface area contributed by atoms with Crippen molar-refractivity contribution in [2.24, 2.45) is 0 Å². The molecule has 6 nitrogen and oxygen atoms in total. The Morgan fingerprint density at radius 1 is 1.15 bits per heavy atom. The number of carbonyl (C=O) groups is 2. The summed E-state index contributed by atoms with van der Waals surface area (Å²) in [7, 11) is 0. The van der Waals surface area contributed by atoms with Crippen LogP contribution in [0, 0.1) is 5.82 Å². The first-order chi connectivity index (χ1) is 16.0. The number of hydrogen-bond acceptors (Lipinski definition) is 3. The van der Waals surface area contributed by atoms with Crippen molar-refractivity contribution in [1.29, 1.82) is 0 Å². The van der Waals surface area contributed by atoms with Gasteiger partial charge in [-0.05, 0) is 47.0 Å². The third-order valence-electron chi connectivity index (χ3n) is 5.86. The summed E-state index contributed by atoms with van der Waals surface area (Å²) in [6.45, 7) is 2.16. The number of nitrogens with one attached hydrogen (secondary N) is 2. The van der Waals surface area contributed by atoms with E-state index >= 15 is 0 Å². The Bertz CT molecular complexity index is 1280. The molecule has 0 radical (unpaired) electrons. The molecule has 2 amide bonds. The monoisotopic (exact) mass is 465 g/mol. The number of rotatable bonds is 4.